The maximum atomic E-state index is 5.86. The fourth-order valence-electron chi connectivity index (χ4n) is 0.986. The van der Waals surface area contributed by atoms with Gasteiger partial charge < -0.3 is 10.5 Å². The monoisotopic (exact) mass is 241 g/mol. The standard InChI is InChI=1S/C8H9Cl2NO.ClH/c1-12-8-5(4-11)6(9)2-3-7(8)10;/h2-3H,4,11H2,1H3;1H. The topological polar surface area (TPSA) is 35.2 Å². The Hall–Kier alpha value is -0.150. The van der Waals surface area contributed by atoms with Crippen LogP contribution in [0.3, 0.4) is 0 Å². The van der Waals surface area contributed by atoms with Crippen molar-refractivity contribution in [3.8, 4) is 5.75 Å². The molecule has 1 aromatic carbocycles. The number of halogens is 3. The van der Waals surface area contributed by atoms with Gasteiger partial charge in [-0.1, -0.05) is 23.2 Å². The summed E-state index contributed by atoms with van der Waals surface area (Å²) in [5, 5.41) is 1.11. The summed E-state index contributed by atoms with van der Waals surface area (Å²) < 4.78 is 5.05. The van der Waals surface area contributed by atoms with Gasteiger partial charge in [0.2, 0.25) is 0 Å². The Morgan fingerprint density at radius 2 is 1.85 bits per heavy atom. The van der Waals surface area contributed by atoms with E-state index in [1.165, 1.54) is 7.11 Å². The van der Waals surface area contributed by atoms with E-state index in [9.17, 15) is 0 Å². The van der Waals surface area contributed by atoms with Crippen molar-refractivity contribution in [2.45, 2.75) is 6.54 Å². The molecule has 0 aliphatic heterocycles. The molecule has 2 N–H and O–H groups in total. The summed E-state index contributed by atoms with van der Waals surface area (Å²) in [7, 11) is 1.54. The second kappa shape index (κ2) is 5.55. The number of hydrogen-bond acceptors (Lipinski definition) is 2. The van der Waals surface area contributed by atoms with Gasteiger partial charge in [0.25, 0.3) is 0 Å². The van der Waals surface area contributed by atoms with Crippen LogP contribution in [0.25, 0.3) is 0 Å². The van der Waals surface area contributed by atoms with Crippen LogP contribution in [0.4, 0.5) is 0 Å². The fraction of sp³-hybridized carbons (Fsp3) is 0.250. The normalized spacial score (nSPS) is 9.23. The molecule has 0 aromatic heterocycles. The Kier molecular flexibility index (Phi) is 5.49. The van der Waals surface area contributed by atoms with Crippen molar-refractivity contribution in [3.05, 3.63) is 27.7 Å². The highest BCUT2D eigenvalue weighted by molar-refractivity contribution is 6.34. The largest absolute Gasteiger partial charge is 0.495 e. The Morgan fingerprint density at radius 1 is 1.31 bits per heavy atom. The van der Waals surface area contributed by atoms with Crippen LogP contribution in [-0.4, -0.2) is 7.11 Å². The molecule has 0 saturated heterocycles. The molecule has 74 valence electrons. The van der Waals surface area contributed by atoms with E-state index in [1.54, 1.807) is 12.1 Å². The maximum Gasteiger partial charge on any atom is 0.143 e. The highest BCUT2D eigenvalue weighted by Crippen LogP contribution is 2.33. The third kappa shape index (κ3) is 2.64. The minimum absolute atomic E-state index is 0. The van der Waals surface area contributed by atoms with E-state index in [0.29, 0.717) is 22.3 Å². The Bertz CT molecular complexity index is 262. The molecule has 0 fully saturated rings. The molecule has 0 radical (unpaired) electrons. The smallest absolute Gasteiger partial charge is 0.143 e. The molecular weight excluding hydrogens is 232 g/mol. The van der Waals surface area contributed by atoms with Crippen LogP contribution in [0.5, 0.6) is 5.75 Å². The van der Waals surface area contributed by atoms with Gasteiger partial charge in [-0.15, -0.1) is 12.4 Å². The molecule has 0 amide bonds. The minimum Gasteiger partial charge on any atom is -0.495 e. The molecule has 0 aliphatic rings. The lowest BCUT2D eigenvalue weighted by atomic mass is 10.2. The first-order chi connectivity index (χ1) is 5.70. The summed E-state index contributed by atoms with van der Waals surface area (Å²) >= 11 is 11.7. The van der Waals surface area contributed by atoms with Crippen molar-refractivity contribution < 1.29 is 4.74 Å². The summed E-state index contributed by atoms with van der Waals surface area (Å²) in [6.07, 6.45) is 0. The number of methoxy groups -OCH3 is 1. The van der Waals surface area contributed by atoms with Crippen molar-refractivity contribution in [3.63, 3.8) is 0 Å². The quantitative estimate of drug-likeness (QED) is 0.865. The van der Waals surface area contributed by atoms with E-state index in [4.69, 9.17) is 33.7 Å². The minimum atomic E-state index is 0. The SMILES string of the molecule is COc1c(Cl)ccc(Cl)c1CN.Cl. The summed E-state index contributed by atoms with van der Waals surface area (Å²) in [5.74, 6) is 0.562. The van der Waals surface area contributed by atoms with E-state index in [1.807, 2.05) is 0 Å². The number of hydrogen-bond donors (Lipinski definition) is 1. The lowest BCUT2D eigenvalue weighted by Crippen LogP contribution is -2.01. The molecule has 1 rings (SSSR count). The van der Waals surface area contributed by atoms with Crippen LogP contribution in [0, 0.1) is 0 Å². The van der Waals surface area contributed by atoms with Crippen LogP contribution in [-0.2, 0) is 6.54 Å². The van der Waals surface area contributed by atoms with Gasteiger partial charge in [0.05, 0.1) is 12.1 Å². The molecule has 0 saturated carbocycles. The van der Waals surface area contributed by atoms with Gasteiger partial charge in [-0.2, -0.15) is 0 Å². The summed E-state index contributed by atoms with van der Waals surface area (Å²) in [4.78, 5) is 0. The second-order valence-electron chi connectivity index (χ2n) is 2.25. The van der Waals surface area contributed by atoms with E-state index in [2.05, 4.69) is 0 Å². The summed E-state index contributed by atoms with van der Waals surface area (Å²) in [6.45, 7) is 0.322. The Labute approximate surface area is 93.4 Å². The van der Waals surface area contributed by atoms with Crippen LogP contribution in [0.15, 0.2) is 12.1 Å². The fourth-order valence-corrected chi connectivity index (χ4v) is 1.47. The molecule has 1 aromatic rings. The maximum absolute atomic E-state index is 5.86. The third-order valence-electron chi connectivity index (χ3n) is 1.56. The predicted octanol–water partition coefficient (Wildman–Crippen LogP) is 2.88. The molecule has 0 unspecified atom stereocenters. The van der Waals surface area contributed by atoms with Gasteiger partial charge in [-0.3, -0.25) is 0 Å². The van der Waals surface area contributed by atoms with Gasteiger partial charge in [-0.25, -0.2) is 0 Å². The summed E-state index contributed by atoms with van der Waals surface area (Å²) in [5.41, 5.74) is 6.22. The van der Waals surface area contributed by atoms with Crippen molar-refractivity contribution in [1.29, 1.82) is 0 Å². The van der Waals surface area contributed by atoms with Gasteiger partial charge in [0.15, 0.2) is 0 Å². The van der Waals surface area contributed by atoms with Crippen molar-refractivity contribution in [2.75, 3.05) is 7.11 Å². The zero-order chi connectivity index (χ0) is 9.14. The van der Waals surface area contributed by atoms with E-state index in [0.717, 1.165) is 5.56 Å². The Morgan fingerprint density at radius 3 is 2.23 bits per heavy atom. The molecule has 0 heterocycles. The number of ether oxygens (including phenoxy) is 1. The Balaban J connectivity index is 0.00000144. The van der Waals surface area contributed by atoms with E-state index in [-0.39, 0.29) is 12.4 Å². The van der Waals surface area contributed by atoms with E-state index < -0.39 is 0 Å². The van der Waals surface area contributed by atoms with Crippen molar-refractivity contribution >= 4 is 35.6 Å². The number of rotatable bonds is 2. The molecule has 0 aliphatic carbocycles. The van der Waals surface area contributed by atoms with Gasteiger partial charge in [0.1, 0.15) is 5.75 Å². The molecule has 0 bridgehead atoms. The zero-order valence-electron chi connectivity index (χ0n) is 7.01. The van der Waals surface area contributed by atoms with Crippen LogP contribution < -0.4 is 10.5 Å². The van der Waals surface area contributed by atoms with Crippen LogP contribution in [0.1, 0.15) is 5.56 Å². The lowest BCUT2D eigenvalue weighted by molar-refractivity contribution is 0.410. The summed E-state index contributed by atoms with van der Waals surface area (Å²) in [6, 6.07) is 3.39. The highest BCUT2D eigenvalue weighted by Gasteiger charge is 2.09. The van der Waals surface area contributed by atoms with Crippen molar-refractivity contribution in [1.82, 2.24) is 0 Å². The van der Waals surface area contributed by atoms with Crippen LogP contribution in [0.2, 0.25) is 10.0 Å². The highest BCUT2D eigenvalue weighted by atomic mass is 35.5. The number of nitrogens with two attached hydrogens (primary N) is 1. The van der Waals surface area contributed by atoms with Gasteiger partial charge in [-0.05, 0) is 12.1 Å². The first-order valence-corrected chi connectivity index (χ1v) is 4.17. The predicted molar refractivity (Wildman–Crippen MR) is 58.2 cm³/mol. The molecule has 5 heteroatoms. The molecule has 2 nitrogen and oxygen atoms in total. The molecule has 0 spiro atoms. The van der Waals surface area contributed by atoms with Gasteiger partial charge >= 0.3 is 0 Å². The van der Waals surface area contributed by atoms with E-state index >= 15 is 0 Å². The third-order valence-corrected chi connectivity index (χ3v) is 2.22. The first-order valence-electron chi connectivity index (χ1n) is 3.41. The molecular formula is C8H10Cl3NO. The lowest BCUT2D eigenvalue weighted by Gasteiger charge is -2.09. The van der Waals surface area contributed by atoms with Crippen molar-refractivity contribution in [2.24, 2.45) is 5.73 Å². The average Bonchev–Trinajstić information content (AvgIpc) is 2.08. The molecule has 13 heavy (non-hydrogen) atoms. The van der Waals surface area contributed by atoms with Crippen LogP contribution >= 0.6 is 35.6 Å². The second-order valence-corrected chi connectivity index (χ2v) is 3.06. The molecule has 0 atom stereocenters. The number of benzene rings is 1. The first kappa shape index (κ1) is 12.8. The van der Waals surface area contributed by atoms with Gasteiger partial charge in [0, 0.05) is 17.1 Å². The zero-order valence-corrected chi connectivity index (χ0v) is 9.34. The average molecular weight is 243 g/mol.